The fourth-order valence-electron chi connectivity index (χ4n) is 5.44. The molecule has 0 saturated heterocycles. The summed E-state index contributed by atoms with van der Waals surface area (Å²) in [4.78, 5) is 24.0. The first-order valence-corrected chi connectivity index (χ1v) is 15.4. The summed E-state index contributed by atoms with van der Waals surface area (Å²) in [5.74, 6) is -0.638. The van der Waals surface area contributed by atoms with E-state index in [9.17, 15) is 18.3 Å². The van der Waals surface area contributed by atoms with Crippen LogP contribution in [0.1, 0.15) is 51.5 Å². The number of H-pyrrole nitrogens is 1. The first-order valence-electron chi connectivity index (χ1n) is 13.1. The molecule has 5 rings (SSSR count). The van der Waals surface area contributed by atoms with Crippen molar-refractivity contribution in [3.05, 3.63) is 47.0 Å². The molecule has 2 aliphatic rings. The van der Waals surface area contributed by atoms with Crippen molar-refractivity contribution in [1.82, 2.24) is 19.3 Å². The molecule has 0 unspecified atom stereocenters. The first kappa shape index (κ1) is 27.6. The summed E-state index contributed by atoms with van der Waals surface area (Å²) in [6, 6.07) is 10.1. The lowest BCUT2D eigenvalue weighted by Crippen LogP contribution is -2.37. The van der Waals surface area contributed by atoms with E-state index in [0.717, 1.165) is 42.4 Å². The average Bonchev–Trinajstić information content (AvgIpc) is 3.29. The van der Waals surface area contributed by atoms with Gasteiger partial charge in [-0.3, -0.25) is 4.79 Å². The van der Waals surface area contributed by atoms with E-state index in [-0.39, 0.29) is 12.0 Å². The van der Waals surface area contributed by atoms with E-state index < -0.39 is 21.4 Å². The molecule has 0 bridgehead atoms. The molecule has 39 heavy (non-hydrogen) atoms. The molecule has 9 nitrogen and oxygen atoms in total. The van der Waals surface area contributed by atoms with Gasteiger partial charge in [0.2, 0.25) is 10.0 Å². The first-order chi connectivity index (χ1) is 18.4. The molecule has 208 valence electrons. The molecule has 1 aliphatic carbocycles. The van der Waals surface area contributed by atoms with Crippen molar-refractivity contribution in [2.75, 3.05) is 19.3 Å². The number of halogens is 1. The molecule has 1 saturated carbocycles. The van der Waals surface area contributed by atoms with Crippen molar-refractivity contribution >= 4 is 44.3 Å². The topological polar surface area (TPSA) is 125 Å². The highest BCUT2D eigenvalue weighted by molar-refractivity contribution is 7.88. The summed E-state index contributed by atoms with van der Waals surface area (Å²) in [5.41, 5.74) is 4.07. The van der Waals surface area contributed by atoms with Gasteiger partial charge >= 0.3 is 5.97 Å². The van der Waals surface area contributed by atoms with Gasteiger partial charge in [-0.25, -0.2) is 13.4 Å². The van der Waals surface area contributed by atoms with Crippen molar-refractivity contribution < 1.29 is 23.1 Å². The summed E-state index contributed by atoms with van der Waals surface area (Å²) in [6.07, 6.45) is 6.95. The van der Waals surface area contributed by atoms with Crippen molar-refractivity contribution in [2.45, 2.75) is 52.1 Å². The van der Waals surface area contributed by atoms with Crippen LogP contribution in [0.3, 0.4) is 0 Å². The molecule has 0 spiro atoms. The van der Waals surface area contributed by atoms with Crippen molar-refractivity contribution in [3.8, 4) is 17.3 Å². The summed E-state index contributed by atoms with van der Waals surface area (Å²) in [7, 11) is -3.19. The Kier molecular flexibility index (Phi) is 7.47. The average molecular weight is 573 g/mol. The largest absolute Gasteiger partial charge is 0.481 e. The Morgan fingerprint density at radius 1 is 1.13 bits per heavy atom. The van der Waals surface area contributed by atoms with Crippen molar-refractivity contribution in [2.24, 2.45) is 11.3 Å². The molecule has 3 aromatic rings. The molecule has 0 atom stereocenters. The fourth-order valence-corrected chi connectivity index (χ4v) is 6.47. The minimum Gasteiger partial charge on any atom is -0.481 e. The third kappa shape index (κ3) is 5.83. The smallest absolute Gasteiger partial charge is 0.309 e. The second-order valence-electron chi connectivity index (χ2n) is 11.0. The molecule has 2 N–H and O–H groups in total. The molecule has 1 fully saturated rings. The number of carbonyl (C=O) groups is 1. The Morgan fingerprint density at radius 3 is 2.38 bits per heavy atom. The number of hydrogen-bond acceptors (Lipinski definition) is 6. The Bertz CT molecular complexity index is 1520. The van der Waals surface area contributed by atoms with Gasteiger partial charge in [-0.1, -0.05) is 41.9 Å². The highest BCUT2D eigenvalue weighted by atomic mass is 35.5. The van der Waals surface area contributed by atoms with Gasteiger partial charge in [-0.2, -0.15) is 9.29 Å². The van der Waals surface area contributed by atoms with Gasteiger partial charge in [0.15, 0.2) is 5.65 Å². The van der Waals surface area contributed by atoms with Gasteiger partial charge in [0, 0.05) is 18.7 Å². The van der Waals surface area contributed by atoms with Crippen molar-refractivity contribution in [1.29, 1.82) is 0 Å². The van der Waals surface area contributed by atoms with Crippen LogP contribution < -0.4 is 4.74 Å². The van der Waals surface area contributed by atoms with E-state index in [1.54, 1.807) is 19.9 Å². The van der Waals surface area contributed by atoms with E-state index >= 15 is 0 Å². The van der Waals surface area contributed by atoms with E-state index in [2.05, 4.69) is 9.97 Å². The number of sulfonamides is 1. The number of fused-ring (bicyclic) bond motifs is 1. The number of hydrogen-bond donors (Lipinski definition) is 2. The van der Waals surface area contributed by atoms with Crippen LogP contribution in [0.2, 0.25) is 5.02 Å². The molecule has 2 aromatic heterocycles. The monoisotopic (exact) mass is 572 g/mol. The van der Waals surface area contributed by atoms with E-state index in [4.69, 9.17) is 21.3 Å². The standard InChI is InChI=1S/C28H33ClN4O5S/c1-28(2,26(34)35)20-8-10-21(11-9-20)38-27-30-23-16-22(29)24(31-25(23)32-27)19-6-4-17(5-7-19)18-12-14-33(15-13-18)39(3,36)37/h4-7,12,16,20-21H,8-11,13-15H2,1-3H3,(H,34,35)(H,30,31,32)/t20-,21-. The summed E-state index contributed by atoms with van der Waals surface area (Å²) < 4.78 is 31.1. The van der Waals surface area contributed by atoms with Gasteiger partial charge in [0.1, 0.15) is 6.10 Å². The minimum atomic E-state index is -3.19. The van der Waals surface area contributed by atoms with Crippen LogP contribution in [-0.2, 0) is 14.8 Å². The quantitative estimate of drug-likeness (QED) is 0.389. The zero-order valence-electron chi connectivity index (χ0n) is 22.3. The van der Waals surface area contributed by atoms with Crippen LogP contribution in [0.4, 0.5) is 0 Å². The number of carboxylic acids is 1. The highest BCUT2D eigenvalue weighted by Gasteiger charge is 2.39. The predicted molar refractivity (Wildman–Crippen MR) is 151 cm³/mol. The fraction of sp³-hybridized carbons (Fsp3) is 0.464. The van der Waals surface area contributed by atoms with Crippen LogP contribution in [0, 0.1) is 11.3 Å². The molecule has 1 aliphatic heterocycles. The number of aromatic nitrogens is 3. The lowest BCUT2D eigenvalue weighted by Gasteiger charge is -2.36. The number of rotatable bonds is 7. The number of carboxylic acid groups (broad SMARTS) is 1. The number of aliphatic carboxylic acids is 1. The molecule has 11 heteroatoms. The Labute approximate surface area is 233 Å². The molecule has 0 amide bonds. The summed E-state index contributed by atoms with van der Waals surface area (Å²) in [5, 5.41) is 10.0. The lowest BCUT2D eigenvalue weighted by molar-refractivity contribution is -0.151. The number of nitrogens with zero attached hydrogens (tertiary/aromatic N) is 3. The molecular formula is C28H33ClN4O5S. The van der Waals surface area contributed by atoms with Crippen LogP contribution in [0.5, 0.6) is 6.01 Å². The Balaban J connectivity index is 1.27. The second kappa shape index (κ2) is 10.6. The molecule has 0 radical (unpaired) electrons. The normalized spacial score (nSPS) is 21.1. The molecule has 3 heterocycles. The maximum Gasteiger partial charge on any atom is 0.309 e. The highest BCUT2D eigenvalue weighted by Crippen LogP contribution is 2.39. The third-order valence-corrected chi connectivity index (χ3v) is 9.66. The summed E-state index contributed by atoms with van der Waals surface area (Å²) in [6.45, 7) is 4.44. The zero-order chi connectivity index (χ0) is 27.9. The van der Waals surface area contributed by atoms with Gasteiger partial charge in [0.05, 0.1) is 27.9 Å². The zero-order valence-corrected chi connectivity index (χ0v) is 23.8. The number of ether oxygens (including phenoxy) is 1. The van der Waals surface area contributed by atoms with Crippen LogP contribution in [0.25, 0.3) is 28.0 Å². The van der Waals surface area contributed by atoms with Crippen LogP contribution in [0.15, 0.2) is 36.4 Å². The minimum absolute atomic E-state index is 0.0347. The number of imidazole rings is 1. The van der Waals surface area contributed by atoms with E-state index in [1.165, 1.54) is 10.6 Å². The predicted octanol–water partition coefficient (Wildman–Crippen LogP) is 5.38. The van der Waals surface area contributed by atoms with Gasteiger partial charge < -0.3 is 14.8 Å². The Morgan fingerprint density at radius 2 is 1.79 bits per heavy atom. The van der Waals surface area contributed by atoms with Crippen LogP contribution >= 0.6 is 11.6 Å². The van der Waals surface area contributed by atoms with Gasteiger partial charge in [-0.15, -0.1) is 0 Å². The number of benzene rings is 1. The Hall–Kier alpha value is -2.95. The van der Waals surface area contributed by atoms with E-state index in [0.29, 0.717) is 47.4 Å². The third-order valence-electron chi connectivity index (χ3n) is 8.10. The summed E-state index contributed by atoms with van der Waals surface area (Å²) >= 11 is 6.60. The number of pyridine rings is 1. The molecular weight excluding hydrogens is 540 g/mol. The number of nitrogens with one attached hydrogen (secondary N) is 1. The van der Waals surface area contributed by atoms with Gasteiger partial charge in [-0.05, 0) is 69.1 Å². The van der Waals surface area contributed by atoms with Gasteiger partial charge in [0.25, 0.3) is 6.01 Å². The second-order valence-corrected chi connectivity index (χ2v) is 13.4. The molecule has 1 aromatic carbocycles. The maximum absolute atomic E-state index is 11.8. The lowest BCUT2D eigenvalue weighted by atomic mass is 9.70. The van der Waals surface area contributed by atoms with Crippen molar-refractivity contribution in [3.63, 3.8) is 0 Å². The maximum atomic E-state index is 11.8. The van der Waals surface area contributed by atoms with E-state index in [1.807, 2.05) is 30.3 Å². The number of aromatic amines is 1. The van der Waals surface area contributed by atoms with Crippen LogP contribution in [-0.4, -0.2) is 64.2 Å². The SMILES string of the molecule is CC(C)(C(=O)O)[C@H]1CC[C@H](Oc2nc3nc(-c4ccc(C5=CCN(S(C)(=O)=O)CC5)cc4)c(Cl)cc3[nH]2)CC1.